The molecule has 0 aliphatic carbocycles. The van der Waals surface area contributed by atoms with E-state index >= 15 is 0 Å². The summed E-state index contributed by atoms with van der Waals surface area (Å²) in [5.41, 5.74) is 0.892. The van der Waals surface area contributed by atoms with Crippen LogP contribution in [0.15, 0.2) is 15.2 Å². The molecule has 1 aromatic heterocycles. The standard InChI is InChI=1S/C10H15N3OS2/c1-2-7-3-4-15-9(12-7)11-5-8-6-16-10(14)13-8/h6-7H,2-5H2,1H3,(H,11,12)(H,13,14). The summed E-state index contributed by atoms with van der Waals surface area (Å²) < 4.78 is 0. The summed E-state index contributed by atoms with van der Waals surface area (Å²) in [7, 11) is 0. The van der Waals surface area contributed by atoms with Gasteiger partial charge in [-0.15, -0.1) is 0 Å². The molecule has 2 heterocycles. The molecule has 0 bridgehead atoms. The van der Waals surface area contributed by atoms with Crippen LogP contribution in [0.2, 0.25) is 0 Å². The van der Waals surface area contributed by atoms with Gasteiger partial charge in [0.1, 0.15) is 0 Å². The normalized spacial score (nSPS) is 23.3. The van der Waals surface area contributed by atoms with Crippen molar-refractivity contribution in [3.8, 4) is 0 Å². The van der Waals surface area contributed by atoms with Crippen molar-refractivity contribution >= 4 is 28.3 Å². The van der Waals surface area contributed by atoms with Gasteiger partial charge in [0.05, 0.1) is 12.2 Å². The zero-order valence-electron chi connectivity index (χ0n) is 9.16. The maximum Gasteiger partial charge on any atom is 0.304 e. The van der Waals surface area contributed by atoms with Gasteiger partial charge in [-0.1, -0.05) is 30.0 Å². The van der Waals surface area contributed by atoms with Crippen molar-refractivity contribution < 1.29 is 0 Å². The van der Waals surface area contributed by atoms with Crippen molar-refractivity contribution in [3.05, 3.63) is 20.7 Å². The lowest BCUT2D eigenvalue weighted by molar-refractivity contribution is 0.570. The van der Waals surface area contributed by atoms with E-state index in [1.165, 1.54) is 17.8 Å². The molecule has 88 valence electrons. The molecule has 1 aliphatic rings. The van der Waals surface area contributed by atoms with Gasteiger partial charge in [-0.3, -0.25) is 9.79 Å². The molecule has 4 nitrogen and oxygen atoms in total. The number of thiazole rings is 1. The van der Waals surface area contributed by atoms with Crippen molar-refractivity contribution in [1.82, 2.24) is 10.3 Å². The Labute approximate surface area is 103 Å². The first-order valence-electron chi connectivity index (χ1n) is 5.38. The van der Waals surface area contributed by atoms with Crippen molar-refractivity contribution in [1.29, 1.82) is 0 Å². The minimum absolute atomic E-state index is 0.00843. The molecule has 1 atom stereocenters. The molecule has 0 radical (unpaired) electrons. The zero-order chi connectivity index (χ0) is 11.4. The minimum atomic E-state index is -0.00843. The van der Waals surface area contributed by atoms with E-state index in [9.17, 15) is 4.79 Å². The summed E-state index contributed by atoms with van der Waals surface area (Å²) in [6.45, 7) is 2.74. The van der Waals surface area contributed by atoms with E-state index in [0.717, 1.165) is 23.0 Å². The fraction of sp³-hybridized carbons (Fsp3) is 0.600. The molecular formula is C10H15N3OS2. The predicted molar refractivity (Wildman–Crippen MR) is 70.4 cm³/mol. The third-order valence-corrected chi connectivity index (χ3v) is 4.17. The maximum absolute atomic E-state index is 10.9. The number of aromatic amines is 1. The Balaban J connectivity index is 1.94. The van der Waals surface area contributed by atoms with Crippen molar-refractivity contribution in [2.75, 3.05) is 5.75 Å². The van der Waals surface area contributed by atoms with Crippen molar-refractivity contribution in [3.63, 3.8) is 0 Å². The summed E-state index contributed by atoms with van der Waals surface area (Å²) in [5, 5.41) is 6.24. The Morgan fingerprint density at radius 2 is 2.50 bits per heavy atom. The van der Waals surface area contributed by atoms with Crippen LogP contribution in [0, 0.1) is 0 Å². The van der Waals surface area contributed by atoms with Crippen LogP contribution in [-0.2, 0) is 6.54 Å². The van der Waals surface area contributed by atoms with Gasteiger partial charge in [0.25, 0.3) is 0 Å². The number of nitrogens with zero attached hydrogens (tertiary/aromatic N) is 1. The fourth-order valence-electron chi connectivity index (χ4n) is 1.53. The predicted octanol–water partition coefficient (Wildman–Crippen LogP) is 1.80. The second-order valence-corrected chi connectivity index (χ2v) is 5.61. The molecule has 1 fully saturated rings. The van der Waals surface area contributed by atoms with Crippen molar-refractivity contribution in [2.45, 2.75) is 32.4 Å². The van der Waals surface area contributed by atoms with E-state index in [-0.39, 0.29) is 4.87 Å². The summed E-state index contributed by atoms with van der Waals surface area (Å²) in [6, 6.07) is 0.557. The first-order valence-corrected chi connectivity index (χ1v) is 7.25. The second-order valence-electron chi connectivity index (χ2n) is 3.68. The van der Waals surface area contributed by atoms with Gasteiger partial charge < -0.3 is 10.3 Å². The summed E-state index contributed by atoms with van der Waals surface area (Å²) >= 11 is 2.95. The number of hydrogen-bond donors (Lipinski definition) is 2. The SMILES string of the molecule is CCC1CCSC(=NCc2csc(=O)[nH]2)N1. The highest BCUT2D eigenvalue weighted by atomic mass is 32.2. The van der Waals surface area contributed by atoms with Gasteiger partial charge >= 0.3 is 4.87 Å². The summed E-state index contributed by atoms with van der Waals surface area (Å²) in [6.07, 6.45) is 2.34. The van der Waals surface area contributed by atoms with Crippen molar-refractivity contribution in [2.24, 2.45) is 4.99 Å². The number of amidine groups is 1. The third-order valence-electron chi connectivity index (χ3n) is 2.49. The average Bonchev–Trinajstić information content (AvgIpc) is 2.73. The zero-order valence-corrected chi connectivity index (χ0v) is 10.8. The molecule has 6 heteroatoms. The Morgan fingerprint density at radius 3 is 3.19 bits per heavy atom. The number of aliphatic imine (C=N–C) groups is 1. The highest BCUT2D eigenvalue weighted by Crippen LogP contribution is 2.16. The van der Waals surface area contributed by atoms with Crippen LogP contribution >= 0.6 is 23.1 Å². The quantitative estimate of drug-likeness (QED) is 0.868. The molecular weight excluding hydrogens is 242 g/mol. The average molecular weight is 257 g/mol. The first kappa shape index (κ1) is 11.7. The first-order chi connectivity index (χ1) is 7.78. The molecule has 1 aromatic rings. The van der Waals surface area contributed by atoms with Gasteiger partial charge in [-0.2, -0.15) is 0 Å². The monoisotopic (exact) mass is 257 g/mol. The maximum atomic E-state index is 10.9. The highest BCUT2D eigenvalue weighted by Gasteiger charge is 2.15. The van der Waals surface area contributed by atoms with E-state index in [1.807, 2.05) is 5.38 Å². The molecule has 0 aromatic carbocycles. The number of hydrogen-bond acceptors (Lipinski definition) is 4. The lowest BCUT2D eigenvalue weighted by Crippen LogP contribution is -2.37. The van der Waals surface area contributed by atoms with E-state index < -0.39 is 0 Å². The number of aromatic nitrogens is 1. The van der Waals surface area contributed by atoms with E-state index in [1.54, 1.807) is 11.8 Å². The lowest BCUT2D eigenvalue weighted by Gasteiger charge is -2.24. The molecule has 16 heavy (non-hydrogen) atoms. The topological polar surface area (TPSA) is 57.2 Å². The summed E-state index contributed by atoms with van der Waals surface area (Å²) in [5.74, 6) is 1.13. The fourth-order valence-corrected chi connectivity index (χ4v) is 3.11. The highest BCUT2D eigenvalue weighted by molar-refractivity contribution is 8.13. The Morgan fingerprint density at radius 1 is 1.62 bits per heavy atom. The number of thioether (sulfide) groups is 1. The third kappa shape index (κ3) is 3.12. The lowest BCUT2D eigenvalue weighted by atomic mass is 10.2. The molecule has 2 N–H and O–H groups in total. The Hall–Kier alpha value is -0.750. The Bertz CT molecular complexity index is 424. The minimum Gasteiger partial charge on any atom is -0.362 e. The van der Waals surface area contributed by atoms with Crippen LogP contribution in [0.3, 0.4) is 0 Å². The molecule has 1 aliphatic heterocycles. The van der Waals surface area contributed by atoms with E-state index in [4.69, 9.17) is 0 Å². The number of rotatable bonds is 3. The largest absolute Gasteiger partial charge is 0.362 e. The van der Waals surface area contributed by atoms with Gasteiger partial charge in [0.15, 0.2) is 5.17 Å². The summed E-state index contributed by atoms with van der Waals surface area (Å²) in [4.78, 5) is 18.2. The van der Waals surface area contributed by atoms with Gasteiger partial charge in [0.2, 0.25) is 0 Å². The van der Waals surface area contributed by atoms with E-state index in [0.29, 0.717) is 12.6 Å². The smallest absolute Gasteiger partial charge is 0.304 e. The van der Waals surface area contributed by atoms with Gasteiger partial charge in [-0.25, -0.2) is 0 Å². The molecule has 1 saturated heterocycles. The van der Waals surface area contributed by atoms with Gasteiger partial charge in [0, 0.05) is 17.2 Å². The van der Waals surface area contributed by atoms with Gasteiger partial charge in [-0.05, 0) is 12.8 Å². The van der Waals surface area contributed by atoms with Crippen LogP contribution < -0.4 is 10.2 Å². The number of H-pyrrole nitrogens is 1. The Kier molecular flexibility index (Phi) is 4.06. The van der Waals surface area contributed by atoms with Crippen LogP contribution in [-0.4, -0.2) is 21.9 Å². The second kappa shape index (κ2) is 5.54. The number of nitrogens with one attached hydrogen (secondary N) is 2. The van der Waals surface area contributed by atoms with Crippen LogP contribution in [0.4, 0.5) is 0 Å². The van der Waals surface area contributed by atoms with Crippen LogP contribution in [0.5, 0.6) is 0 Å². The molecule has 0 amide bonds. The molecule has 0 saturated carbocycles. The molecule has 0 spiro atoms. The van der Waals surface area contributed by atoms with Crippen LogP contribution in [0.1, 0.15) is 25.5 Å². The molecule has 1 unspecified atom stereocenters. The van der Waals surface area contributed by atoms with E-state index in [2.05, 4.69) is 22.2 Å². The molecule has 2 rings (SSSR count). The van der Waals surface area contributed by atoms with Crippen LogP contribution in [0.25, 0.3) is 0 Å².